The zero-order chi connectivity index (χ0) is 17.1. The van der Waals surface area contributed by atoms with Crippen LogP contribution >= 0.6 is 7.15 Å². The highest BCUT2D eigenvalue weighted by Gasteiger charge is 2.60. The van der Waals surface area contributed by atoms with Crippen molar-refractivity contribution in [2.24, 2.45) is 0 Å². The number of fused-ring (bicyclic) bond motifs is 2. The Morgan fingerprint density at radius 3 is 3.08 bits per heavy atom. The maximum atomic E-state index is 11.0. The number of ether oxygens (including phenoxy) is 2. The van der Waals surface area contributed by atoms with Gasteiger partial charge in [0.05, 0.1) is 13.4 Å². The van der Waals surface area contributed by atoms with Gasteiger partial charge in [0, 0.05) is 0 Å². The molecule has 128 valence electrons. The summed E-state index contributed by atoms with van der Waals surface area (Å²) < 4.78 is 23.6. The SMILES string of the molecule is COc1nc(N)nc2c1ncn2C1OC2CO[P+](=S)OC2C1(C)O. The van der Waals surface area contributed by atoms with E-state index >= 15 is 0 Å². The van der Waals surface area contributed by atoms with Crippen LogP contribution in [0.3, 0.4) is 0 Å². The second-order valence-electron chi connectivity index (χ2n) is 5.71. The molecule has 0 radical (unpaired) electrons. The van der Waals surface area contributed by atoms with Crippen molar-refractivity contribution in [3.8, 4) is 5.88 Å². The zero-order valence-corrected chi connectivity index (χ0v) is 14.5. The van der Waals surface area contributed by atoms with Crippen molar-refractivity contribution in [1.82, 2.24) is 19.5 Å². The number of nitrogens with two attached hydrogens (primary N) is 1. The molecule has 2 aromatic rings. The number of rotatable bonds is 2. The van der Waals surface area contributed by atoms with E-state index in [9.17, 15) is 5.11 Å². The molecular formula is C12H15N5O5PS+. The van der Waals surface area contributed by atoms with Gasteiger partial charge in [-0.05, 0) is 6.92 Å². The first-order chi connectivity index (χ1) is 11.4. The molecule has 2 aliphatic rings. The number of imidazole rings is 1. The maximum Gasteiger partial charge on any atom is 0.522 e. The highest BCUT2D eigenvalue weighted by molar-refractivity contribution is 8.00. The lowest BCUT2D eigenvalue weighted by molar-refractivity contribution is -0.0882. The lowest BCUT2D eigenvalue weighted by atomic mass is 9.96. The predicted molar refractivity (Wildman–Crippen MR) is 85.9 cm³/mol. The first-order valence-corrected chi connectivity index (χ1v) is 9.29. The highest BCUT2D eigenvalue weighted by Crippen LogP contribution is 2.48. The number of hydrogen-bond acceptors (Lipinski definition) is 10. The summed E-state index contributed by atoms with van der Waals surface area (Å²) in [6.07, 6.45) is -0.338. The van der Waals surface area contributed by atoms with E-state index in [4.69, 9.17) is 36.1 Å². The minimum atomic E-state index is -1.45. The van der Waals surface area contributed by atoms with Crippen molar-refractivity contribution in [2.75, 3.05) is 19.5 Å². The summed E-state index contributed by atoms with van der Waals surface area (Å²) in [6.45, 7) is 1.89. The third-order valence-electron chi connectivity index (χ3n) is 4.11. The van der Waals surface area contributed by atoms with Crippen molar-refractivity contribution in [3.63, 3.8) is 0 Å². The molecule has 0 aromatic carbocycles. The fourth-order valence-electron chi connectivity index (χ4n) is 3.02. The molecule has 0 spiro atoms. The van der Waals surface area contributed by atoms with Gasteiger partial charge in [-0.3, -0.25) is 4.57 Å². The number of nitrogens with zero attached hydrogens (tertiary/aromatic N) is 4. The normalized spacial score (nSPS) is 34.5. The molecule has 2 aromatic heterocycles. The zero-order valence-electron chi connectivity index (χ0n) is 12.8. The Kier molecular flexibility index (Phi) is 3.68. The first-order valence-electron chi connectivity index (χ1n) is 7.10. The largest absolute Gasteiger partial charge is 0.522 e. The van der Waals surface area contributed by atoms with Crippen molar-refractivity contribution in [3.05, 3.63) is 6.33 Å². The van der Waals surface area contributed by atoms with Gasteiger partial charge in [0.1, 0.15) is 18.3 Å². The summed E-state index contributed by atoms with van der Waals surface area (Å²) in [5.74, 6) is 0.282. The van der Waals surface area contributed by atoms with Crippen molar-refractivity contribution < 1.29 is 23.6 Å². The van der Waals surface area contributed by atoms with Gasteiger partial charge in [-0.25, -0.2) is 4.98 Å². The van der Waals surface area contributed by atoms with Crippen LogP contribution in [0.5, 0.6) is 5.88 Å². The predicted octanol–water partition coefficient (Wildman–Crippen LogP) is 0.255. The Hall–Kier alpha value is -1.49. The van der Waals surface area contributed by atoms with Crippen LogP contribution in [0.2, 0.25) is 0 Å². The summed E-state index contributed by atoms with van der Waals surface area (Å²) in [7, 11) is 0.0133. The van der Waals surface area contributed by atoms with Crippen LogP contribution in [0.4, 0.5) is 5.95 Å². The summed E-state index contributed by atoms with van der Waals surface area (Å²) in [5, 5.41) is 11.0. The number of aromatic nitrogens is 4. The topological polar surface area (TPSA) is 127 Å². The molecule has 0 aliphatic carbocycles. The number of hydrogen-bond donors (Lipinski definition) is 2. The van der Waals surface area contributed by atoms with Crippen LogP contribution in [-0.4, -0.2) is 56.2 Å². The van der Waals surface area contributed by atoms with Crippen molar-refractivity contribution in [2.45, 2.75) is 31.0 Å². The Morgan fingerprint density at radius 2 is 2.33 bits per heavy atom. The number of nitrogen functional groups attached to an aromatic ring is 1. The van der Waals surface area contributed by atoms with Gasteiger partial charge in [0.15, 0.2) is 23.5 Å². The summed E-state index contributed by atoms with van der Waals surface area (Å²) in [4.78, 5) is 12.4. The van der Waals surface area contributed by atoms with E-state index in [1.807, 2.05) is 0 Å². The Morgan fingerprint density at radius 1 is 1.54 bits per heavy atom. The molecule has 3 N–H and O–H groups in total. The quantitative estimate of drug-likeness (QED) is 0.708. The van der Waals surface area contributed by atoms with Crippen LogP contribution in [0.25, 0.3) is 11.2 Å². The Balaban J connectivity index is 1.80. The number of anilines is 1. The van der Waals surface area contributed by atoms with Gasteiger partial charge in [0.2, 0.25) is 23.6 Å². The van der Waals surface area contributed by atoms with E-state index in [1.165, 1.54) is 13.4 Å². The van der Waals surface area contributed by atoms with Crippen molar-refractivity contribution >= 4 is 36.1 Å². The van der Waals surface area contributed by atoms with E-state index < -0.39 is 31.2 Å². The number of aliphatic hydroxyl groups is 1. The van der Waals surface area contributed by atoms with E-state index in [2.05, 4.69) is 15.0 Å². The second-order valence-corrected chi connectivity index (χ2v) is 7.52. The van der Waals surface area contributed by atoms with Crippen LogP contribution in [0, 0.1) is 0 Å². The van der Waals surface area contributed by atoms with Gasteiger partial charge < -0.3 is 20.3 Å². The monoisotopic (exact) mass is 372 g/mol. The molecule has 0 bridgehead atoms. The molecule has 4 heterocycles. The van der Waals surface area contributed by atoms with Crippen LogP contribution in [-0.2, 0) is 25.6 Å². The minimum Gasteiger partial charge on any atom is -0.479 e. The average molecular weight is 372 g/mol. The molecule has 5 unspecified atom stereocenters. The van der Waals surface area contributed by atoms with Crippen LogP contribution in [0.1, 0.15) is 13.2 Å². The molecule has 2 fully saturated rings. The lowest BCUT2D eigenvalue weighted by Crippen LogP contribution is -2.46. The molecule has 10 nitrogen and oxygen atoms in total. The average Bonchev–Trinajstić information content (AvgIpc) is 3.05. The second kappa shape index (κ2) is 5.51. The van der Waals surface area contributed by atoms with Gasteiger partial charge in [0.25, 0.3) is 0 Å². The maximum absolute atomic E-state index is 11.0. The van der Waals surface area contributed by atoms with E-state index in [-0.39, 0.29) is 18.4 Å². The summed E-state index contributed by atoms with van der Waals surface area (Å²) in [6, 6.07) is 0. The summed E-state index contributed by atoms with van der Waals surface area (Å²) >= 11 is 5.06. The third-order valence-corrected chi connectivity index (χ3v) is 5.45. The van der Waals surface area contributed by atoms with E-state index in [1.54, 1.807) is 11.5 Å². The smallest absolute Gasteiger partial charge is 0.479 e. The summed E-state index contributed by atoms with van der Waals surface area (Å²) in [5.41, 5.74) is 5.19. The Bertz CT molecular complexity index is 830. The molecule has 2 aliphatic heterocycles. The van der Waals surface area contributed by atoms with Gasteiger partial charge in [-0.2, -0.15) is 9.97 Å². The van der Waals surface area contributed by atoms with Gasteiger partial charge in [-0.15, -0.1) is 9.05 Å². The van der Waals surface area contributed by atoms with E-state index in [0.717, 1.165) is 0 Å². The first kappa shape index (κ1) is 16.0. The fraction of sp³-hybridized carbons (Fsp3) is 0.583. The molecule has 0 saturated carbocycles. The van der Waals surface area contributed by atoms with Crippen LogP contribution in [0.15, 0.2) is 6.33 Å². The minimum absolute atomic E-state index is 0.0322. The molecular weight excluding hydrogens is 357 g/mol. The van der Waals surface area contributed by atoms with Crippen molar-refractivity contribution in [1.29, 1.82) is 0 Å². The molecule has 24 heavy (non-hydrogen) atoms. The lowest BCUT2D eigenvalue weighted by Gasteiger charge is -2.27. The number of methoxy groups -OCH3 is 1. The standard InChI is InChI=1S/C12H15N5O5PS/c1-12(18)7-5(3-20-23(24)22-7)21-10(12)17-4-14-6-8(17)15-11(13)16-9(6)19-2/h4-5,7,10,18H,3H2,1-2H3,(H2,13,15,16)/q+1. The van der Waals surface area contributed by atoms with Gasteiger partial charge >= 0.3 is 7.15 Å². The highest BCUT2D eigenvalue weighted by atomic mass is 32.4. The third kappa shape index (κ3) is 2.28. The molecule has 2 saturated heterocycles. The van der Waals surface area contributed by atoms with Gasteiger partial charge in [-0.1, -0.05) is 0 Å². The molecule has 5 atom stereocenters. The van der Waals surface area contributed by atoms with E-state index in [0.29, 0.717) is 11.2 Å². The van der Waals surface area contributed by atoms with Crippen LogP contribution < -0.4 is 10.5 Å². The molecule has 0 amide bonds. The molecule has 4 rings (SSSR count). The molecule has 12 heteroatoms. The fourth-order valence-corrected chi connectivity index (χ4v) is 4.34. The Labute approximate surface area is 142 Å².